The van der Waals surface area contributed by atoms with Crippen LogP contribution >= 0.6 is 24.0 Å². The highest BCUT2D eigenvalue weighted by Gasteiger charge is 2.17. The molecule has 28 heavy (non-hydrogen) atoms. The zero-order valence-corrected chi connectivity index (χ0v) is 20.9. The van der Waals surface area contributed by atoms with Crippen LogP contribution in [0.5, 0.6) is 0 Å². The van der Waals surface area contributed by atoms with E-state index in [1.54, 1.807) is 12.1 Å². The molecule has 0 unspecified atom stereocenters. The molecule has 0 aliphatic carbocycles. The second kappa shape index (κ2) is 13.4. The first kappa shape index (κ1) is 27.1. The van der Waals surface area contributed by atoms with Crippen LogP contribution in [0.3, 0.4) is 0 Å². The molecule has 0 radical (unpaired) electrons. The number of rotatable bonds is 10. The van der Waals surface area contributed by atoms with Crippen LogP contribution in [0.25, 0.3) is 0 Å². The van der Waals surface area contributed by atoms with E-state index >= 15 is 0 Å². The molecule has 0 spiro atoms. The van der Waals surface area contributed by atoms with Crippen LogP contribution in [0, 0.1) is 0 Å². The van der Waals surface area contributed by atoms with Crippen LogP contribution in [0.2, 0.25) is 0 Å². The highest BCUT2D eigenvalue weighted by atomic mass is 127. The average molecular weight is 525 g/mol. The Kier molecular flexibility index (Phi) is 13.0. The van der Waals surface area contributed by atoms with Crippen LogP contribution in [0.4, 0.5) is 0 Å². The monoisotopic (exact) mass is 525 g/mol. The van der Waals surface area contributed by atoms with E-state index < -0.39 is 9.84 Å². The Labute approximate surface area is 187 Å². The molecule has 1 aromatic rings. The number of hydrogen-bond donors (Lipinski definition) is 2. The summed E-state index contributed by atoms with van der Waals surface area (Å²) in [5.74, 6) is 0.651. The largest absolute Gasteiger partial charge is 0.382 e. The van der Waals surface area contributed by atoms with Gasteiger partial charge in [-0.2, -0.15) is 0 Å². The third kappa shape index (κ3) is 10.1. The summed E-state index contributed by atoms with van der Waals surface area (Å²) in [5.41, 5.74) is 1.12. The van der Waals surface area contributed by atoms with Gasteiger partial charge in [0.1, 0.15) is 0 Å². The zero-order chi connectivity index (χ0) is 20.3. The van der Waals surface area contributed by atoms with Crippen molar-refractivity contribution in [2.75, 3.05) is 38.6 Å². The summed E-state index contributed by atoms with van der Waals surface area (Å²) in [6.07, 6.45) is 0.836. The van der Waals surface area contributed by atoms with Gasteiger partial charge in [0.15, 0.2) is 15.8 Å². The Balaban J connectivity index is 0.00000729. The minimum Gasteiger partial charge on any atom is -0.382 e. The lowest BCUT2D eigenvalue weighted by molar-refractivity contribution is 0.146. The molecule has 0 aliphatic heterocycles. The maximum atomic E-state index is 12.5. The normalized spacial score (nSPS) is 12.4. The molecule has 2 N–H and O–H groups in total. The summed E-state index contributed by atoms with van der Waals surface area (Å²) in [6.45, 7) is 13.3. The van der Waals surface area contributed by atoms with E-state index in [9.17, 15) is 8.42 Å². The second-order valence-electron chi connectivity index (χ2n) is 7.33. The van der Waals surface area contributed by atoms with Gasteiger partial charge in [0, 0.05) is 32.8 Å². The number of guanidine groups is 1. The van der Waals surface area contributed by atoms with Crippen LogP contribution in [0.15, 0.2) is 34.2 Å². The molecule has 0 aliphatic rings. The van der Waals surface area contributed by atoms with E-state index in [4.69, 9.17) is 4.74 Å². The Morgan fingerprint density at radius 1 is 1.11 bits per heavy atom. The summed E-state index contributed by atoms with van der Waals surface area (Å²) in [4.78, 5) is 4.79. The molecule has 0 saturated heterocycles. The van der Waals surface area contributed by atoms with Crippen molar-refractivity contribution in [3.63, 3.8) is 0 Å². The molecule has 8 heteroatoms. The van der Waals surface area contributed by atoms with Gasteiger partial charge in [0.25, 0.3) is 0 Å². The first-order valence-corrected chi connectivity index (χ1v) is 11.3. The molecule has 0 atom stereocenters. The highest BCUT2D eigenvalue weighted by molar-refractivity contribution is 14.0. The first-order valence-electron chi connectivity index (χ1n) is 9.64. The fourth-order valence-electron chi connectivity index (χ4n) is 2.43. The van der Waals surface area contributed by atoms with E-state index in [0.29, 0.717) is 37.2 Å². The van der Waals surface area contributed by atoms with Gasteiger partial charge in [0.05, 0.1) is 10.6 Å². The van der Waals surface area contributed by atoms with Crippen molar-refractivity contribution in [3.8, 4) is 0 Å². The van der Waals surface area contributed by atoms with Crippen LogP contribution in [0.1, 0.15) is 46.6 Å². The average Bonchev–Trinajstić information content (AvgIpc) is 2.60. The molecule has 0 amide bonds. The van der Waals surface area contributed by atoms with E-state index in [0.717, 1.165) is 18.5 Å². The van der Waals surface area contributed by atoms with E-state index in [-0.39, 0.29) is 35.1 Å². The van der Waals surface area contributed by atoms with Gasteiger partial charge in [0.2, 0.25) is 0 Å². The van der Waals surface area contributed by atoms with Crippen LogP contribution in [-0.4, -0.2) is 53.0 Å². The fourth-order valence-corrected chi connectivity index (χ4v) is 3.58. The van der Waals surface area contributed by atoms with Gasteiger partial charge in [-0.1, -0.05) is 32.9 Å². The number of halogens is 1. The number of benzene rings is 1. The molecule has 6 nitrogen and oxygen atoms in total. The lowest BCUT2D eigenvalue weighted by atomic mass is 9.87. The molecule has 0 bridgehead atoms. The maximum Gasteiger partial charge on any atom is 0.191 e. The van der Waals surface area contributed by atoms with Crippen LogP contribution in [-0.2, 0) is 20.0 Å². The maximum absolute atomic E-state index is 12.5. The Bertz CT molecular complexity index is 684. The quantitative estimate of drug-likeness (QED) is 0.212. The van der Waals surface area contributed by atoms with Crippen molar-refractivity contribution < 1.29 is 13.2 Å². The summed E-state index contributed by atoms with van der Waals surface area (Å²) in [6, 6.07) is 7.18. The lowest BCUT2D eigenvalue weighted by Gasteiger charge is -2.19. The molecule has 0 saturated carbocycles. The van der Waals surface area contributed by atoms with E-state index in [1.807, 2.05) is 26.0 Å². The van der Waals surface area contributed by atoms with Crippen molar-refractivity contribution in [3.05, 3.63) is 29.8 Å². The lowest BCUT2D eigenvalue weighted by Crippen LogP contribution is -2.39. The standard InChI is InChI=1S/C20H35N3O3S.HI/c1-6-21-19(22-13-8-15-26-7-2)23-14-16-27(24,25)18-11-9-17(10-12-18)20(3,4)5;/h9-12H,6-8,13-16H2,1-5H3,(H2,21,22,23);1H. The molecule has 1 rings (SSSR count). The van der Waals surface area contributed by atoms with Gasteiger partial charge in [-0.15, -0.1) is 24.0 Å². The SMILES string of the molecule is CCNC(=NCCCOCC)NCCS(=O)(=O)c1ccc(C(C)(C)C)cc1.I. The summed E-state index contributed by atoms with van der Waals surface area (Å²) < 4.78 is 30.4. The predicted molar refractivity (Wildman–Crippen MR) is 128 cm³/mol. The number of sulfone groups is 1. The van der Waals surface area contributed by atoms with Gasteiger partial charge >= 0.3 is 0 Å². The molecule has 162 valence electrons. The zero-order valence-electron chi connectivity index (χ0n) is 17.7. The highest BCUT2D eigenvalue weighted by Crippen LogP contribution is 2.23. The number of nitrogens with zero attached hydrogens (tertiary/aromatic N) is 1. The van der Waals surface area contributed by atoms with Crippen molar-refractivity contribution in [1.82, 2.24) is 10.6 Å². The topological polar surface area (TPSA) is 79.8 Å². The Hall–Kier alpha value is -0.870. The van der Waals surface area contributed by atoms with Gasteiger partial charge in [-0.25, -0.2) is 8.42 Å². The molecular weight excluding hydrogens is 489 g/mol. The third-order valence-corrected chi connectivity index (χ3v) is 5.74. The van der Waals surface area contributed by atoms with Gasteiger partial charge < -0.3 is 15.4 Å². The van der Waals surface area contributed by atoms with Crippen LogP contribution < -0.4 is 10.6 Å². The third-order valence-electron chi connectivity index (χ3n) is 4.01. The molecule has 0 heterocycles. The molecule has 0 fully saturated rings. The summed E-state index contributed by atoms with van der Waals surface area (Å²) >= 11 is 0. The number of hydrogen-bond acceptors (Lipinski definition) is 4. The molecule has 1 aromatic carbocycles. The van der Waals surface area contributed by atoms with Crippen molar-refractivity contribution in [1.29, 1.82) is 0 Å². The predicted octanol–water partition coefficient (Wildman–Crippen LogP) is 3.36. The van der Waals surface area contributed by atoms with Gasteiger partial charge in [-0.05, 0) is 43.4 Å². The number of ether oxygens (including phenoxy) is 1. The van der Waals surface area contributed by atoms with Crippen molar-refractivity contribution >= 4 is 39.8 Å². The first-order chi connectivity index (χ1) is 12.7. The Morgan fingerprint density at radius 3 is 2.29 bits per heavy atom. The van der Waals surface area contributed by atoms with Crippen molar-refractivity contribution in [2.24, 2.45) is 4.99 Å². The smallest absolute Gasteiger partial charge is 0.191 e. The number of aliphatic imine (C=N–C) groups is 1. The Morgan fingerprint density at radius 2 is 1.75 bits per heavy atom. The van der Waals surface area contributed by atoms with E-state index in [2.05, 4.69) is 36.4 Å². The van der Waals surface area contributed by atoms with Gasteiger partial charge in [-0.3, -0.25) is 4.99 Å². The minimum atomic E-state index is -3.33. The molecular formula is C20H36IN3O3S. The molecule has 0 aromatic heterocycles. The van der Waals surface area contributed by atoms with E-state index in [1.165, 1.54) is 0 Å². The van der Waals surface area contributed by atoms with Crippen molar-refractivity contribution in [2.45, 2.75) is 51.3 Å². The minimum absolute atomic E-state index is 0. The second-order valence-corrected chi connectivity index (χ2v) is 9.44. The summed E-state index contributed by atoms with van der Waals surface area (Å²) in [7, 11) is -3.33. The number of nitrogens with one attached hydrogen (secondary N) is 2. The fraction of sp³-hybridized carbons (Fsp3) is 0.650. The summed E-state index contributed by atoms with van der Waals surface area (Å²) in [5, 5.41) is 6.22.